The molecule has 0 saturated carbocycles. The van der Waals surface area contributed by atoms with Crippen molar-refractivity contribution in [1.29, 1.82) is 0 Å². The van der Waals surface area contributed by atoms with Gasteiger partial charge in [-0.15, -0.1) is 0 Å². The summed E-state index contributed by atoms with van der Waals surface area (Å²) in [5.74, 6) is -0.591. The number of aliphatic hydroxyl groups is 1. The Morgan fingerprint density at radius 3 is 1.42 bits per heavy atom. The largest absolute Gasteiger partial charge is 0.472 e. The fourth-order valence-corrected chi connectivity index (χ4v) is 6.09. The number of carbonyl (C=O) groups is 2. The molecule has 9 nitrogen and oxygen atoms in total. The number of aliphatic hydroxyl groups excluding tert-OH is 1. The van der Waals surface area contributed by atoms with E-state index in [0.717, 1.165) is 96.3 Å². The van der Waals surface area contributed by atoms with Crippen molar-refractivity contribution in [2.75, 3.05) is 26.4 Å². The normalized spacial score (nSPS) is 14.3. The maximum Gasteiger partial charge on any atom is 0.472 e. The number of esters is 1. The Morgan fingerprint density at radius 2 is 0.966 bits per heavy atom. The van der Waals surface area contributed by atoms with Gasteiger partial charge in [-0.3, -0.25) is 18.6 Å². The van der Waals surface area contributed by atoms with E-state index in [2.05, 4.69) is 129 Å². The summed E-state index contributed by atoms with van der Waals surface area (Å²) in [5, 5.41) is 12.7. The van der Waals surface area contributed by atoms with Crippen molar-refractivity contribution in [2.45, 2.75) is 161 Å². The Hall–Kier alpha value is -3.33. The van der Waals surface area contributed by atoms with Gasteiger partial charge in [0.1, 0.15) is 12.7 Å². The van der Waals surface area contributed by atoms with Gasteiger partial charge in [-0.05, 0) is 103 Å². The van der Waals surface area contributed by atoms with E-state index < -0.39 is 26.5 Å². The molecular weight excluding hydrogens is 762 g/mol. The van der Waals surface area contributed by atoms with Gasteiger partial charge in [0.15, 0.2) is 0 Å². The number of unbranched alkanes of at least 4 members (excludes halogenated alkanes) is 9. The molecule has 0 aromatic carbocycles. The zero-order valence-electron chi connectivity index (χ0n) is 36.6. The number of hydrogen-bond donors (Lipinski definition) is 3. The summed E-state index contributed by atoms with van der Waals surface area (Å²) >= 11 is 0. The average molecular weight is 842 g/mol. The van der Waals surface area contributed by atoms with Gasteiger partial charge in [-0.2, -0.15) is 0 Å². The van der Waals surface area contributed by atoms with Gasteiger partial charge in [-0.1, -0.05) is 149 Å². The highest BCUT2D eigenvalue weighted by atomic mass is 31.2. The topological polar surface area (TPSA) is 131 Å². The molecule has 0 spiro atoms. The molecule has 3 N–H and O–H groups in total. The van der Waals surface area contributed by atoms with E-state index in [1.54, 1.807) is 0 Å². The molecule has 59 heavy (non-hydrogen) atoms. The molecule has 0 heterocycles. The first-order chi connectivity index (χ1) is 28.8. The molecule has 0 aliphatic heterocycles. The Kier molecular flexibility index (Phi) is 41.7. The molecule has 0 fully saturated rings. The summed E-state index contributed by atoms with van der Waals surface area (Å²) < 4.78 is 26.9. The number of rotatable bonds is 40. The van der Waals surface area contributed by atoms with E-state index in [0.29, 0.717) is 12.8 Å². The first-order valence-electron chi connectivity index (χ1n) is 22.4. The lowest BCUT2D eigenvalue weighted by Gasteiger charge is -2.15. The standard InChI is InChI=1S/C49H80NO8P/c1-3-5-7-9-11-13-15-17-19-21-23-25-27-29-31-33-35-37-39-41-48(52)50-43-44-57-59(54,55)58-46-47(51)45-56-49(53)42-40-38-36-34-32-30-28-26-24-22-20-18-16-14-12-10-8-6-4-2/h5,7,11-14,17-20,23-26,29-32,47,51H,3-4,6,8-10,15-16,21-22,27-28,33-46H2,1-2H3,(H,50,52)(H,54,55)/b7-5-,13-11-,14-12-,19-17-,20-18-,25-23-,26-24-,31-29-,32-30-. The van der Waals surface area contributed by atoms with Crippen LogP contribution in [0.25, 0.3) is 0 Å². The molecule has 0 radical (unpaired) electrons. The SMILES string of the molecule is CC/C=C\C/C=C\C/C=C\C/C=C\C/C=C\CCCCCC(=O)NCCOP(=O)(O)OCC(O)COC(=O)CCCCC/C=C\C/C=C\C/C=C\C/C=C\CCCCC. The molecule has 334 valence electrons. The zero-order chi connectivity index (χ0) is 43.2. The van der Waals surface area contributed by atoms with E-state index in [9.17, 15) is 24.2 Å². The molecule has 10 heteroatoms. The number of amides is 1. The zero-order valence-corrected chi connectivity index (χ0v) is 37.5. The number of ether oxygens (including phenoxy) is 1. The van der Waals surface area contributed by atoms with E-state index >= 15 is 0 Å². The molecule has 0 aliphatic carbocycles. The van der Waals surface area contributed by atoms with Crippen molar-refractivity contribution < 1.29 is 37.9 Å². The Labute approximate surface area is 358 Å². The van der Waals surface area contributed by atoms with E-state index in [1.807, 2.05) is 0 Å². The Balaban J connectivity index is 3.74. The van der Waals surface area contributed by atoms with Crippen LogP contribution in [0.15, 0.2) is 109 Å². The van der Waals surface area contributed by atoms with Gasteiger partial charge in [0.25, 0.3) is 0 Å². The molecule has 0 saturated heterocycles. The molecular formula is C49H80NO8P. The van der Waals surface area contributed by atoms with Crippen LogP contribution in [0.2, 0.25) is 0 Å². The van der Waals surface area contributed by atoms with Crippen LogP contribution >= 0.6 is 7.82 Å². The second-order valence-corrected chi connectivity index (χ2v) is 15.7. The summed E-state index contributed by atoms with van der Waals surface area (Å²) in [6.45, 7) is 3.30. The smallest absolute Gasteiger partial charge is 0.463 e. The number of phosphoric ester groups is 1. The van der Waals surface area contributed by atoms with Crippen molar-refractivity contribution in [3.8, 4) is 0 Å². The fraction of sp³-hybridized carbons (Fsp3) is 0.592. The summed E-state index contributed by atoms with van der Waals surface area (Å²) in [6.07, 6.45) is 58.7. The van der Waals surface area contributed by atoms with E-state index in [-0.39, 0.29) is 32.1 Å². The van der Waals surface area contributed by atoms with Crippen molar-refractivity contribution in [3.05, 3.63) is 109 Å². The Morgan fingerprint density at radius 1 is 0.542 bits per heavy atom. The van der Waals surface area contributed by atoms with Gasteiger partial charge >= 0.3 is 13.8 Å². The first kappa shape index (κ1) is 55.7. The van der Waals surface area contributed by atoms with Crippen molar-refractivity contribution in [2.24, 2.45) is 0 Å². The van der Waals surface area contributed by atoms with Gasteiger partial charge in [0.05, 0.1) is 13.2 Å². The van der Waals surface area contributed by atoms with Crippen LogP contribution in [-0.4, -0.2) is 54.3 Å². The van der Waals surface area contributed by atoms with Crippen LogP contribution in [0, 0.1) is 0 Å². The maximum atomic E-state index is 12.1. The van der Waals surface area contributed by atoms with Crippen molar-refractivity contribution in [3.63, 3.8) is 0 Å². The monoisotopic (exact) mass is 842 g/mol. The lowest BCUT2D eigenvalue weighted by molar-refractivity contribution is -0.147. The molecule has 0 bridgehead atoms. The van der Waals surface area contributed by atoms with E-state index in [4.69, 9.17) is 13.8 Å². The second-order valence-electron chi connectivity index (χ2n) is 14.3. The highest BCUT2D eigenvalue weighted by Gasteiger charge is 2.23. The second kappa shape index (κ2) is 44.2. The van der Waals surface area contributed by atoms with Crippen LogP contribution in [-0.2, 0) is 27.9 Å². The van der Waals surface area contributed by atoms with Gasteiger partial charge in [0, 0.05) is 19.4 Å². The van der Waals surface area contributed by atoms with Crippen LogP contribution in [0.3, 0.4) is 0 Å². The third-order valence-corrected chi connectivity index (χ3v) is 9.67. The summed E-state index contributed by atoms with van der Waals surface area (Å²) in [6, 6.07) is 0. The predicted octanol–water partition coefficient (Wildman–Crippen LogP) is 12.8. The van der Waals surface area contributed by atoms with Crippen LogP contribution < -0.4 is 5.32 Å². The molecule has 0 aliphatic rings. The van der Waals surface area contributed by atoms with Crippen LogP contribution in [0.1, 0.15) is 155 Å². The van der Waals surface area contributed by atoms with Crippen molar-refractivity contribution >= 4 is 19.7 Å². The van der Waals surface area contributed by atoms with Gasteiger partial charge < -0.3 is 20.1 Å². The molecule has 0 rings (SSSR count). The van der Waals surface area contributed by atoms with Gasteiger partial charge in [-0.25, -0.2) is 4.57 Å². The molecule has 0 aromatic heterocycles. The molecule has 1 amide bonds. The summed E-state index contributed by atoms with van der Waals surface area (Å²) in [7, 11) is -4.44. The quantitative estimate of drug-likeness (QED) is 0.0240. The number of carbonyl (C=O) groups excluding carboxylic acids is 2. The lowest BCUT2D eigenvalue weighted by atomic mass is 10.1. The number of phosphoric acid groups is 1. The van der Waals surface area contributed by atoms with E-state index in [1.165, 1.54) is 25.7 Å². The minimum absolute atomic E-state index is 0.0521. The number of nitrogens with one attached hydrogen (secondary N) is 1. The summed E-state index contributed by atoms with van der Waals surface area (Å²) in [4.78, 5) is 33.9. The van der Waals surface area contributed by atoms with Crippen LogP contribution in [0.5, 0.6) is 0 Å². The number of allylic oxidation sites excluding steroid dienone is 18. The molecule has 2 atom stereocenters. The Bertz CT molecular complexity index is 1330. The van der Waals surface area contributed by atoms with Crippen molar-refractivity contribution in [1.82, 2.24) is 5.32 Å². The molecule has 0 aromatic rings. The third kappa shape index (κ3) is 45.6. The lowest BCUT2D eigenvalue weighted by Crippen LogP contribution is -2.27. The average Bonchev–Trinajstić information content (AvgIpc) is 3.22. The minimum Gasteiger partial charge on any atom is -0.463 e. The third-order valence-electron chi connectivity index (χ3n) is 8.69. The minimum atomic E-state index is -4.44. The van der Waals surface area contributed by atoms with Gasteiger partial charge in [0.2, 0.25) is 5.91 Å². The highest BCUT2D eigenvalue weighted by Crippen LogP contribution is 2.42. The fourth-order valence-electron chi connectivity index (χ4n) is 5.33. The maximum absolute atomic E-state index is 12.1. The first-order valence-corrected chi connectivity index (χ1v) is 23.9. The van der Waals surface area contributed by atoms with Crippen LogP contribution in [0.4, 0.5) is 0 Å². The molecule has 2 unspecified atom stereocenters. The summed E-state index contributed by atoms with van der Waals surface area (Å²) in [5.41, 5.74) is 0. The predicted molar refractivity (Wildman–Crippen MR) is 247 cm³/mol. The number of hydrogen-bond acceptors (Lipinski definition) is 7. The highest BCUT2D eigenvalue weighted by molar-refractivity contribution is 7.47.